The van der Waals surface area contributed by atoms with Crippen molar-refractivity contribution in [3.8, 4) is 11.1 Å². The average Bonchev–Trinajstić information content (AvgIpc) is 2.68. The summed E-state index contributed by atoms with van der Waals surface area (Å²) in [6.45, 7) is 0.545. The van der Waals surface area contributed by atoms with E-state index < -0.39 is 23.4 Å². The van der Waals surface area contributed by atoms with E-state index in [1.807, 2.05) is 6.07 Å². The van der Waals surface area contributed by atoms with Crippen molar-refractivity contribution < 1.29 is 22.0 Å². The number of benzene rings is 3. The average molecular weight is 389 g/mol. The van der Waals surface area contributed by atoms with E-state index in [9.17, 15) is 22.0 Å². The van der Waals surface area contributed by atoms with Gasteiger partial charge in [-0.05, 0) is 66.4 Å². The minimum atomic E-state index is -4.43. The molecule has 0 bridgehead atoms. The number of nitrogens with zero attached hydrogens (tertiary/aromatic N) is 1. The lowest BCUT2D eigenvalue weighted by molar-refractivity contribution is -0.137. The maximum absolute atomic E-state index is 14.2. The standard InChI is InChI=1S/C22H16F5N/c23-17-8-9-20(24)19(13-17)15-7-6-14-3-2-10-28(21(14)11-15)18-5-1-4-16(12-18)22(25,26)27/h1,4-9,11-13H,2-3,10H2. The Hall–Kier alpha value is -2.89. The maximum Gasteiger partial charge on any atom is 0.416 e. The smallest absolute Gasteiger partial charge is 0.341 e. The van der Waals surface area contributed by atoms with E-state index in [1.54, 1.807) is 23.1 Å². The van der Waals surface area contributed by atoms with Crippen LogP contribution in [0.25, 0.3) is 11.1 Å². The molecule has 0 amide bonds. The van der Waals surface area contributed by atoms with E-state index in [-0.39, 0.29) is 5.56 Å². The highest BCUT2D eigenvalue weighted by atomic mass is 19.4. The van der Waals surface area contributed by atoms with E-state index in [0.29, 0.717) is 23.5 Å². The SMILES string of the molecule is Fc1ccc(F)c(-c2ccc3c(c2)N(c2cccc(C(F)(F)F)c2)CCC3)c1. The largest absolute Gasteiger partial charge is 0.416 e. The highest BCUT2D eigenvalue weighted by Gasteiger charge is 2.31. The Morgan fingerprint density at radius 2 is 1.68 bits per heavy atom. The van der Waals surface area contributed by atoms with Gasteiger partial charge in [0.25, 0.3) is 0 Å². The summed E-state index contributed by atoms with van der Waals surface area (Å²) in [5.74, 6) is -1.10. The molecule has 0 fully saturated rings. The third-order valence-electron chi connectivity index (χ3n) is 4.93. The van der Waals surface area contributed by atoms with Crippen LogP contribution >= 0.6 is 0 Å². The topological polar surface area (TPSA) is 3.24 Å². The molecule has 1 aliphatic rings. The summed E-state index contributed by atoms with van der Waals surface area (Å²) < 4.78 is 67.1. The molecule has 0 saturated heterocycles. The zero-order valence-electron chi connectivity index (χ0n) is 14.7. The molecule has 3 aromatic rings. The summed E-state index contributed by atoms with van der Waals surface area (Å²) in [4.78, 5) is 1.80. The quantitative estimate of drug-likeness (QED) is 0.439. The fourth-order valence-electron chi connectivity index (χ4n) is 3.58. The van der Waals surface area contributed by atoms with E-state index in [2.05, 4.69) is 0 Å². The van der Waals surface area contributed by atoms with Crippen LogP contribution in [0.4, 0.5) is 33.3 Å². The van der Waals surface area contributed by atoms with Crippen LogP contribution in [-0.2, 0) is 12.6 Å². The van der Waals surface area contributed by atoms with Crippen LogP contribution in [0.3, 0.4) is 0 Å². The zero-order chi connectivity index (χ0) is 19.9. The first-order valence-electron chi connectivity index (χ1n) is 8.86. The first-order valence-corrected chi connectivity index (χ1v) is 8.86. The van der Waals surface area contributed by atoms with E-state index >= 15 is 0 Å². The fourth-order valence-corrected chi connectivity index (χ4v) is 3.58. The van der Waals surface area contributed by atoms with Crippen LogP contribution < -0.4 is 4.90 Å². The van der Waals surface area contributed by atoms with Crippen molar-refractivity contribution >= 4 is 11.4 Å². The van der Waals surface area contributed by atoms with Crippen LogP contribution in [-0.4, -0.2) is 6.54 Å². The summed E-state index contributed by atoms with van der Waals surface area (Å²) in [6, 6.07) is 13.6. The molecule has 6 heteroatoms. The van der Waals surface area contributed by atoms with E-state index in [0.717, 1.165) is 48.7 Å². The number of hydrogen-bond donors (Lipinski definition) is 0. The van der Waals surface area contributed by atoms with Crippen LogP contribution in [0, 0.1) is 11.6 Å². The Bertz CT molecular complexity index is 1030. The molecular weight excluding hydrogens is 373 g/mol. The summed E-state index contributed by atoms with van der Waals surface area (Å²) >= 11 is 0. The molecule has 0 aromatic heterocycles. The second-order valence-corrected chi connectivity index (χ2v) is 6.77. The summed E-state index contributed by atoms with van der Waals surface area (Å²) in [6.07, 6.45) is -2.87. The first kappa shape index (κ1) is 18.5. The van der Waals surface area contributed by atoms with Crippen molar-refractivity contribution in [2.45, 2.75) is 19.0 Å². The lowest BCUT2D eigenvalue weighted by atomic mass is 9.95. The highest BCUT2D eigenvalue weighted by molar-refractivity contribution is 5.76. The number of hydrogen-bond acceptors (Lipinski definition) is 1. The molecule has 0 N–H and O–H groups in total. The van der Waals surface area contributed by atoms with Gasteiger partial charge < -0.3 is 4.90 Å². The molecule has 0 saturated carbocycles. The molecule has 28 heavy (non-hydrogen) atoms. The van der Waals surface area contributed by atoms with Crippen LogP contribution in [0.2, 0.25) is 0 Å². The maximum atomic E-state index is 14.2. The monoisotopic (exact) mass is 389 g/mol. The normalized spacial score (nSPS) is 14.1. The molecule has 0 radical (unpaired) electrons. The Labute approximate surface area is 159 Å². The Kier molecular flexibility index (Phi) is 4.57. The van der Waals surface area contributed by atoms with Crippen molar-refractivity contribution in [3.63, 3.8) is 0 Å². The summed E-state index contributed by atoms with van der Waals surface area (Å²) in [7, 11) is 0. The molecule has 0 atom stereocenters. The van der Waals surface area contributed by atoms with Gasteiger partial charge in [0.15, 0.2) is 0 Å². The van der Waals surface area contributed by atoms with Crippen LogP contribution in [0.5, 0.6) is 0 Å². The van der Waals surface area contributed by atoms with E-state index in [1.165, 1.54) is 6.07 Å². The molecule has 3 aromatic carbocycles. The molecule has 1 heterocycles. The zero-order valence-corrected chi connectivity index (χ0v) is 14.7. The Morgan fingerprint density at radius 3 is 2.46 bits per heavy atom. The first-order chi connectivity index (χ1) is 13.3. The van der Waals surface area contributed by atoms with Gasteiger partial charge in [-0.15, -0.1) is 0 Å². The number of anilines is 2. The predicted octanol–water partition coefficient (Wildman–Crippen LogP) is 6.73. The van der Waals surface area contributed by atoms with E-state index in [4.69, 9.17) is 0 Å². The number of fused-ring (bicyclic) bond motifs is 1. The summed E-state index contributed by atoms with van der Waals surface area (Å²) in [5, 5.41) is 0. The second kappa shape index (κ2) is 6.93. The third-order valence-corrected chi connectivity index (χ3v) is 4.93. The number of rotatable bonds is 2. The molecule has 0 unspecified atom stereocenters. The molecule has 1 aliphatic heterocycles. The number of alkyl halides is 3. The van der Waals surface area contributed by atoms with Crippen LogP contribution in [0.1, 0.15) is 17.5 Å². The predicted molar refractivity (Wildman–Crippen MR) is 98.6 cm³/mol. The number of aryl methyl sites for hydroxylation is 1. The fraction of sp³-hybridized carbons (Fsp3) is 0.182. The van der Waals surface area contributed by atoms with Gasteiger partial charge in [-0.1, -0.05) is 18.2 Å². The highest BCUT2D eigenvalue weighted by Crippen LogP contribution is 2.39. The number of halogens is 5. The van der Waals surface area contributed by atoms with Crippen molar-refractivity contribution in [1.29, 1.82) is 0 Å². The van der Waals surface area contributed by atoms with Gasteiger partial charge in [0.05, 0.1) is 5.56 Å². The van der Waals surface area contributed by atoms with Crippen molar-refractivity contribution in [2.24, 2.45) is 0 Å². The van der Waals surface area contributed by atoms with Gasteiger partial charge in [0.2, 0.25) is 0 Å². The van der Waals surface area contributed by atoms with Crippen molar-refractivity contribution in [1.82, 2.24) is 0 Å². The molecule has 0 spiro atoms. The van der Waals surface area contributed by atoms with Crippen molar-refractivity contribution in [2.75, 3.05) is 11.4 Å². The molecule has 1 nitrogen and oxygen atoms in total. The van der Waals surface area contributed by atoms with Gasteiger partial charge in [0, 0.05) is 23.5 Å². The lowest BCUT2D eigenvalue weighted by Gasteiger charge is -2.32. The molecule has 0 aliphatic carbocycles. The second-order valence-electron chi connectivity index (χ2n) is 6.77. The minimum absolute atomic E-state index is 0.123. The molecule has 144 valence electrons. The minimum Gasteiger partial charge on any atom is -0.341 e. The lowest BCUT2D eigenvalue weighted by Crippen LogP contribution is -2.25. The van der Waals surface area contributed by atoms with Gasteiger partial charge in [-0.2, -0.15) is 13.2 Å². The summed E-state index contributed by atoms with van der Waals surface area (Å²) in [5.41, 5.74) is 1.99. The van der Waals surface area contributed by atoms with Gasteiger partial charge in [-0.25, -0.2) is 8.78 Å². The molecular formula is C22H16F5N. The van der Waals surface area contributed by atoms with Crippen molar-refractivity contribution in [3.05, 3.63) is 83.4 Å². The van der Waals surface area contributed by atoms with Gasteiger partial charge >= 0.3 is 6.18 Å². The Balaban J connectivity index is 1.80. The van der Waals surface area contributed by atoms with Gasteiger partial charge in [0.1, 0.15) is 11.6 Å². The third kappa shape index (κ3) is 3.46. The Morgan fingerprint density at radius 1 is 0.857 bits per heavy atom. The van der Waals surface area contributed by atoms with Gasteiger partial charge in [-0.3, -0.25) is 0 Å². The van der Waals surface area contributed by atoms with Crippen LogP contribution in [0.15, 0.2) is 60.7 Å². The molecule has 4 rings (SSSR count).